The number of amides is 1. The fraction of sp³-hybridized carbons (Fsp3) is 0.308. The van der Waals surface area contributed by atoms with E-state index in [0.717, 1.165) is 6.42 Å². The van der Waals surface area contributed by atoms with E-state index in [1.807, 2.05) is 0 Å². The van der Waals surface area contributed by atoms with Crippen LogP contribution in [-0.4, -0.2) is 40.0 Å². The van der Waals surface area contributed by atoms with Crippen molar-refractivity contribution in [1.29, 1.82) is 0 Å². The van der Waals surface area contributed by atoms with Crippen LogP contribution in [0.3, 0.4) is 0 Å². The highest BCUT2D eigenvalue weighted by Crippen LogP contribution is 2.18. The van der Waals surface area contributed by atoms with E-state index in [4.69, 9.17) is 20.8 Å². The monoisotopic (exact) mass is 293 g/mol. The topological polar surface area (TPSA) is 68.5 Å². The van der Waals surface area contributed by atoms with Gasteiger partial charge >= 0.3 is 6.01 Å². The number of nitrogens with zero attached hydrogens (tertiary/aromatic N) is 3. The van der Waals surface area contributed by atoms with Crippen molar-refractivity contribution in [2.45, 2.75) is 12.5 Å². The number of halogens is 1. The molecule has 3 rings (SSSR count). The lowest BCUT2D eigenvalue weighted by Gasteiger charge is -2.15. The van der Waals surface area contributed by atoms with E-state index >= 15 is 0 Å². The standard InChI is InChI=1S/C13H12ClN3O3/c14-10-5-15-13(16-6-10)20-11-1-3-17(7-11)12(18)9-2-4-19-8-9/h2,4-6,8,11H,1,3,7H2/t11-/m0/s1. The first-order valence-electron chi connectivity index (χ1n) is 6.18. The van der Waals surface area contributed by atoms with Crippen molar-refractivity contribution >= 4 is 17.5 Å². The smallest absolute Gasteiger partial charge is 0.316 e. The fourth-order valence-corrected chi connectivity index (χ4v) is 2.19. The third kappa shape index (κ3) is 2.75. The van der Waals surface area contributed by atoms with Gasteiger partial charge in [-0.2, -0.15) is 0 Å². The predicted octanol–water partition coefficient (Wildman–Crippen LogP) is 2.02. The van der Waals surface area contributed by atoms with Crippen molar-refractivity contribution in [1.82, 2.24) is 14.9 Å². The molecule has 2 aromatic rings. The Labute approximate surface area is 120 Å². The Hall–Kier alpha value is -2.08. The van der Waals surface area contributed by atoms with Gasteiger partial charge in [0.05, 0.1) is 35.8 Å². The average Bonchev–Trinajstić information content (AvgIpc) is 3.12. The number of aromatic nitrogens is 2. The maximum absolute atomic E-state index is 12.1. The van der Waals surface area contributed by atoms with E-state index in [2.05, 4.69) is 9.97 Å². The van der Waals surface area contributed by atoms with Crippen LogP contribution < -0.4 is 4.74 Å². The van der Waals surface area contributed by atoms with Crippen LogP contribution in [0.5, 0.6) is 6.01 Å². The van der Waals surface area contributed by atoms with E-state index in [9.17, 15) is 4.79 Å². The zero-order chi connectivity index (χ0) is 13.9. The molecule has 0 aliphatic carbocycles. The zero-order valence-corrected chi connectivity index (χ0v) is 11.3. The van der Waals surface area contributed by atoms with Crippen LogP contribution in [0, 0.1) is 0 Å². The van der Waals surface area contributed by atoms with Crippen molar-refractivity contribution < 1.29 is 13.9 Å². The first-order chi connectivity index (χ1) is 9.72. The minimum Gasteiger partial charge on any atom is -0.472 e. The highest BCUT2D eigenvalue weighted by molar-refractivity contribution is 6.30. The Kier molecular flexibility index (Phi) is 3.56. The molecule has 2 aromatic heterocycles. The van der Waals surface area contributed by atoms with Crippen LogP contribution in [0.15, 0.2) is 35.4 Å². The molecule has 1 saturated heterocycles. The molecule has 0 radical (unpaired) electrons. The summed E-state index contributed by atoms with van der Waals surface area (Å²) >= 11 is 5.71. The molecule has 3 heterocycles. The molecule has 1 aliphatic heterocycles. The van der Waals surface area contributed by atoms with Gasteiger partial charge in [-0.25, -0.2) is 9.97 Å². The second-order valence-electron chi connectivity index (χ2n) is 4.48. The number of rotatable bonds is 3. The van der Waals surface area contributed by atoms with Gasteiger partial charge < -0.3 is 14.1 Å². The van der Waals surface area contributed by atoms with Gasteiger partial charge in [-0.05, 0) is 6.07 Å². The summed E-state index contributed by atoms with van der Waals surface area (Å²) in [5, 5.41) is 0.459. The largest absolute Gasteiger partial charge is 0.472 e. The van der Waals surface area contributed by atoms with Crippen molar-refractivity contribution in [2.75, 3.05) is 13.1 Å². The summed E-state index contributed by atoms with van der Waals surface area (Å²) in [5.41, 5.74) is 0.549. The van der Waals surface area contributed by atoms with Gasteiger partial charge in [0.2, 0.25) is 0 Å². The summed E-state index contributed by atoms with van der Waals surface area (Å²) < 4.78 is 10.5. The number of furan rings is 1. The van der Waals surface area contributed by atoms with Crippen LogP contribution in [0.1, 0.15) is 16.8 Å². The molecular formula is C13H12ClN3O3. The molecule has 1 amide bonds. The van der Waals surface area contributed by atoms with Crippen LogP contribution in [0.4, 0.5) is 0 Å². The Morgan fingerprint density at radius 3 is 2.95 bits per heavy atom. The second kappa shape index (κ2) is 5.50. The summed E-state index contributed by atoms with van der Waals surface area (Å²) in [6.07, 6.45) is 6.53. The van der Waals surface area contributed by atoms with E-state index in [1.54, 1.807) is 11.0 Å². The second-order valence-corrected chi connectivity index (χ2v) is 4.91. The first-order valence-corrected chi connectivity index (χ1v) is 6.56. The maximum Gasteiger partial charge on any atom is 0.316 e. The Bertz CT molecular complexity index is 585. The normalized spacial score (nSPS) is 18.2. The molecule has 1 aliphatic rings. The number of hydrogen-bond acceptors (Lipinski definition) is 5. The molecule has 0 saturated carbocycles. The summed E-state index contributed by atoms with van der Waals surface area (Å²) in [6.45, 7) is 1.15. The van der Waals surface area contributed by atoms with Gasteiger partial charge in [0.15, 0.2) is 0 Å². The van der Waals surface area contributed by atoms with Crippen LogP contribution in [0.25, 0.3) is 0 Å². The minimum absolute atomic E-state index is 0.0538. The zero-order valence-electron chi connectivity index (χ0n) is 10.5. The highest BCUT2D eigenvalue weighted by atomic mass is 35.5. The molecule has 0 aromatic carbocycles. The fourth-order valence-electron chi connectivity index (χ4n) is 2.09. The molecule has 7 heteroatoms. The number of carbonyl (C=O) groups is 1. The Balaban J connectivity index is 1.59. The minimum atomic E-state index is -0.105. The van der Waals surface area contributed by atoms with Crippen LogP contribution in [0.2, 0.25) is 5.02 Å². The molecule has 6 nitrogen and oxygen atoms in total. The van der Waals surface area contributed by atoms with Gasteiger partial charge in [0.1, 0.15) is 12.4 Å². The van der Waals surface area contributed by atoms with E-state index in [1.165, 1.54) is 24.9 Å². The quantitative estimate of drug-likeness (QED) is 0.866. The SMILES string of the molecule is O=C(c1ccoc1)N1CC[C@H](Oc2ncc(Cl)cn2)C1. The summed E-state index contributed by atoms with van der Waals surface area (Å²) in [5.74, 6) is -0.0538. The van der Waals surface area contributed by atoms with Gasteiger partial charge in [0.25, 0.3) is 5.91 Å². The molecule has 0 N–H and O–H groups in total. The lowest BCUT2D eigenvalue weighted by atomic mass is 10.3. The van der Waals surface area contributed by atoms with Crippen molar-refractivity contribution in [2.24, 2.45) is 0 Å². The maximum atomic E-state index is 12.1. The highest BCUT2D eigenvalue weighted by Gasteiger charge is 2.29. The molecule has 104 valence electrons. The summed E-state index contributed by atoms with van der Waals surface area (Å²) in [6, 6.07) is 1.93. The van der Waals surface area contributed by atoms with E-state index in [0.29, 0.717) is 23.7 Å². The number of carbonyl (C=O) groups excluding carboxylic acids is 1. The predicted molar refractivity (Wildman–Crippen MR) is 70.7 cm³/mol. The molecule has 20 heavy (non-hydrogen) atoms. The molecule has 0 spiro atoms. The van der Waals surface area contributed by atoms with Crippen molar-refractivity contribution in [3.8, 4) is 6.01 Å². The Morgan fingerprint density at radius 1 is 1.45 bits per heavy atom. The van der Waals surface area contributed by atoms with Gasteiger partial charge in [-0.1, -0.05) is 11.6 Å². The van der Waals surface area contributed by atoms with Gasteiger partial charge in [-0.3, -0.25) is 4.79 Å². The summed E-state index contributed by atoms with van der Waals surface area (Å²) in [4.78, 5) is 21.8. The number of ether oxygens (including phenoxy) is 1. The lowest BCUT2D eigenvalue weighted by Crippen LogP contribution is -2.30. The van der Waals surface area contributed by atoms with E-state index in [-0.39, 0.29) is 18.0 Å². The number of hydrogen-bond donors (Lipinski definition) is 0. The lowest BCUT2D eigenvalue weighted by molar-refractivity contribution is 0.0769. The van der Waals surface area contributed by atoms with Gasteiger partial charge in [-0.15, -0.1) is 0 Å². The first kappa shape index (κ1) is 12.9. The van der Waals surface area contributed by atoms with Crippen molar-refractivity contribution in [3.63, 3.8) is 0 Å². The van der Waals surface area contributed by atoms with E-state index < -0.39 is 0 Å². The molecule has 0 bridgehead atoms. The molecule has 1 fully saturated rings. The summed E-state index contributed by atoms with van der Waals surface area (Å²) in [7, 11) is 0. The third-order valence-corrected chi connectivity index (χ3v) is 3.26. The van der Waals surface area contributed by atoms with Crippen LogP contribution >= 0.6 is 11.6 Å². The van der Waals surface area contributed by atoms with Gasteiger partial charge in [0, 0.05) is 13.0 Å². The van der Waals surface area contributed by atoms with Crippen molar-refractivity contribution in [3.05, 3.63) is 41.6 Å². The Morgan fingerprint density at radius 2 is 2.25 bits per heavy atom. The third-order valence-electron chi connectivity index (χ3n) is 3.07. The molecule has 0 unspecified atom stereocenters. The molecule has 1 atom stereocenters. The molecular weight excluding hydrogens is 282 g/mol. The average molecular weight is 294 g/mol. The van der Waals surface area contributed by atoms with Crippen LogP contribution in [-0.2, 0) is 0 Å². The number of likely N-dealkylation sites (tertiary alicyclic amines) is 1.